The lowest BCUT2D eigenvalue weighted by molar-refractivity contribution is 0.222. The van der Waals surface area contributed by atoms with E-state index >= 15 is 0 Å². The predicted molar refractivity (Wildman–Crippen MR) is 143 cm³/mol. The molecule has 0 radical (unpaired) electrons. The summed E-state index contributed by atoms with van der Waals surface area (Å²) < 4.78 is 44.4. The van der Waals surface area contributed by atoms with Gasteiger partial charge in [-0.15, -0.1) is 12.4 Å². The van der Waals surface area contributed by atoms with Crippen LogP contribution in [0.25, 0.3) is 11.4 Å². The lowest BCUT2D eigenvalue weighted by Crippen LogP contribution is -2.46. The van der Waals surface area contributed by atoms with Crippen molar-refractivity contribution >= 4 is 34.1 Å². The topological polar surface area (TPSA) is 96.2 Å². The maximum Gasteiger partial charge on any atom is 0.243 e. The molecule has 0 amide bonds. The first kappa shape index (κ1) is 27.4. The lowest BCUT2D eigenvalue weighted by Gasteiger charge is -2.31. The normalized spacial score (nSPS) is 17.9. The molecule has 2 aliphatic rings. The van der Waals surface area contributed by atoms with Crippen LogP contribution >= 0.6 is 12.4 Å². The summed E-state index contributed by atoms with van der Waals surface area (Å²) in [6.07, 6.45) is 8.46. The standard InChI is InChI=1S/C25H32FN7O2S.ClH/c1-18-27-17-23(33(18)20-6-4-3-5-7-20)24-22(26)16-28-25(30-24)29-19-8-10-21(11-9-19)36(34,35)32-14-12-31(2)13-15-32;/h8-11,16-17,20H,3-7,12-15H2,1-2H3,(H,28,29,30);1H. The molecule has 1 aromatic carbocycles. The number of rotatable bonds is 6. The summed E-state index contributed by atoms with van der Waals surface area (Å²) in [5, 5.41) is 3.08. The monoisotopic (exact) mass is 549 g/mol. The van der Waals surface area contributed by atoms with Gasteiger partial charge >= 0.3 is 0 Å². The smallest absolute Gasteiger partial charge is 0.243 e. The van der Waals surface area contributed by atoms with E-state index in [4.69, 9.17) is 0 Å². The van der Waals surface area contributed by atoms with E-state index in [1.54, 1.807) is 30.5 Å². The Labute approximate surface area is 223 Å². The molecule has 9 nitrogen and oxygen atoms in total. The van der Waals surface area contributed by atoms with E-state index in [0.29, 0.717) is 37.6 Å². The van der Waals surface area contributed by atoms with Gasteiger partial charge in [0.1, 0.15) is 11.5 Å². The quantitative estimate of drug-likeness (QED) is 0.487. The van der Waals surface area contributed by atoms with E-state index in [1.165, 1.54) is 10.7 Å². The Morgan fingerprint density at radius 1 is 0.973 bits per heavy atom. The zero-order chi connectivity index (χ0) is 25.3. The average molecular weight is 550 g/mol. The fraction of sp³-hybridized carbons (Fsp3) is 0.480. The number of nitrogens with zero attached hydrogens (tertiary/aromatic N) is 6. The zero-order valence-corrected chi connectivity index (χ0v) is 22.7. The van der Waals surface area contributed by atoms with Crippen LogP contribution in [0.15, 0.2) is 41.6 Å². The first-order valence-corrected chi connectivity index (χ1v) is 13.9. The molecule has 0 bridgehead atoms. The second-order valence-electron chi connectivity index (χ2n) is 9.60. The third-order valence-electron chi connectivity index (χ3n) is 7.12. The molecular formula is C25H33ClFN7O2S. The molecule has 2 fully saturated rings. The number of hydrogen-bond donors (Lipinski definition) is 1. The van der Waals surface area contributed by atoms with Crippen molar-refractivity contribution in [2.45, 2.75) is 50.0 Å². The van der Waals surface area contributed by atoms with Crippen LogP contribution in [0.4, 0.5) is 16.0 Å². The molecule has 3 heterocycles. The number of imidazole rings is 1. The Bertz CT molecular complexity index is 1320. The van der Waals surface area contributed by atoms with E-state index in [0.717, 1.165) is 37.7 Å². The Morgan fingerprint density at radius 2 is 1.65 bits per heavy atom. The van der Waals surface area contributed by atoms with Gasteiger partial charge in [0.25, 0.3) is 0 Å². The molecule has 0 atom stereocenters. The molecule has 1 aliphatic heterocycles. The average Bonchev–Trinajstić information content (AvgIpc) is 3.27. The number of sulfonamides is 1. The van der Waals surface area contributed by atoms with Crippen LogP contribution in [0.5, 0.6) is 0 Å². The SMILES string of the molecule is Cc1ncc(-c2nc(Nc3ccc(S(=O)(=O)N4CCN(C)CC4)cc3)ncc2F)n1C1CCCCC1.Cl. The van der Waals surface area contributed by atoms with Crippen molar-refractivity contribution in [3.05, 3.63) is 48.3 Å². The largest absolute Gasteiger partial charge is 0.324 e. The second-order valence-corrected chi connectivity index (χ2v) is 11.5. The number of benzene rings is 1. The van der Waals surface area contributed by atoms with Crippen LogP contribution < -0.4 is 5.32 Å². The summed E-state index contributed by atoms with van der Waals surface area (Å²) in [6, 6.07) is 6.78. The van der Waals surface area contributed by atoms with Crippen molar-refractivity contribution in [3.63, 3.8) is 0 Å². The van der Waals surface area contributed by atoms with Gasteiger partial charge in [-0.25, -0.2) is 27.8 Å². The van der Waals surface area contributed by atoms with Gasteiger partial charge in [0.05, 0.1) is 23.0 Å². The molecule has 0 spiro atoms. The highest BCUT2D eigenvalue weighted by molar-refractivity contribution is 7.89. The molecule has 5 rings (SSSR count). The second kappa shape index (κ2) is 11.4. The van der Waals surface area contributed by atoms with Gasteiger partial charge in [-0.05, 0) is 51.1 Å². The minimum absolute atomic E-state index is 0. The summed E-state index contributed by atoms with van der Waals surface area (Å²) in [6.45, 7) is 4.31. The van der Waals surface area contributed by atoms with Gasteiger partial charge in [0, 0.05) is 37.9 Å². The van der Waals surface area contributed by atoms with Crippen LogP contribution in [-0.4, -0.2) is 70.4 Å². The molecule has 3 aromatic rings. The highest BCUT2D eigenvalue weighted by atomic mass is 35.5. The minimum Gasteiger partial charge on any atom is -0.324 e. The van der Waals surface area contributed by atoms with Crippen molar-refractivity contribution in [3.8, 4) is 11.4 Å². The third kappa shape index (κ3) is 5.79. The van der Waals surface area contributed by atoms with E-state index in [9.17, 15) is 12.8 Å². The van der Waals surface area contributed by atoms with E-state index in [-0.39, 0.29) is 35.0 Å². The third-order valence-corrected chi connectivity index (χ3v) is 9.03. The molecular weight excluding hydrogens is 517 g/mol. The van der Waals surface area contributed by atoms with Gasteiger partial charge < -0.3 is 14.8 Å². The summed E-state index contributed by atoms with van der Waals surface area (Å²) in [7, 11) is -1.56. The first-order chi connectivity index (χ1) is 17.3. The molecule has 1 saturated carbocycles. The van der Waals surface area contributed by atoms with Gasteiger partial charge in [0.2, 0.25) is 16.0 Å². The number of anilines is 2. The Morgan fingerprint density at radius 3 is 2.32 bits per heavy atom. The first-order valence-electron chi connectivity index (χ1n) is 12.5. The van der Waals surface area contributed by atoms with Gasteiger partial charge in [0.15, 0.2) is 5.82 Å². The van der Waals surface area contributed by atoms with Crippen LogP contribution in [0.1, 0.15) is 44.0 Å². The van der Waals surface area contributed by atoms with Gasteiger partial charge in [-0.2, -0.15) is 4.31 Å². The van der Waals surface area contributed by atoms with Crippen LogP contribution in [0, 0.1) is 12.7 Å². The van der Waals surface area contributed by atoms with Crippen molar-refractivity contribution in [1.82, 2.24) is 28.7 Å². The summed E-state index contributed by atoms with van der Waals surface area (Å²) >= 11 is 0. The maximum absolute atomic E-state index is 14.9. The number of halogens is 2. The molecule has 1 N–H and O–H groups in total. The minimum atomic E-state index is -3.55. The van der Waals surface area contributed by atoms with Crippen molar-refractivity contribution in [1.29, 1.82) is 0 Å². The summed E-state index contributed by atoms with van der Waals surface area (Å²) in [5.41, 5.74) is 1.46. The van der Waals surface area contributed by atoms with Crippen LogP contribution in [0.2, 0.25) is 0 Å². The molecule has 1 aliphatic carbocycles. The number of nitrogens with one attached hydrogen (secondary N) is 1. The van der Waals surface area contributed by atoms with Gasteiger partial charge in [-0.3, -0.25) is 0 Å². The molecule has 1 saturated heterocycles. The van der Waals surface area contributed by atoms with E-state index < -0.39 is 15.8 Å². The van der Waals surface area contributed by atoms with Gasteiger partial charge in [-0.1, -0.05) is 19.3 Å². The Kier molecular flexibility index (Phi) is 8.47. The fourth-order valence-corrected chi connectivity index (χ4v) is 6.47. The number of likely N-dealkylation sites (N-methyl/N-ethyl adjacent to an activating group) is 1. The zero-order valence-electron chi connectivity index (χ0n) is 21.1. The van der Waals surface area contributed by atoms with Crippen LogP contribution in [-0.2, 0) is 10.0 Å². The number of aromatic nitrogens is 4. The molecule has 12 heteroatoms. The van der Waals surface area contributed by atoms with Crippen LogP contribution in [0.3, 0.4) is 0 Å². The summed E-state index contributed by atoms with van der Waals surface area (Å²) in [5.74, 6) is 0.572. The fourth-order valence-electron chi connectivity index (χ4n) is 5.05. The Hall–Kier alpha value is -2.60. The number of piperazine rings is 1. The molecule has 37 heavy (non-hydrogen) atoms. The number of hydrogen-bond acceptors (Lipinski definition) is 7. The maximum atomic E-state index is 14.9. The predicted octanol–water partition coefficient (Wildman–Crippen LogP) is 4.39. The number of aryl methyl sites for hydroxylation is 1. The highest BCUT2D eigenvalue weighted by Crippen LogP contribution is 2.34. The Balaban J connectivity index is 0.00000320. The van der Waals surface area contributed by atoms with E-state index in [2.05, 4.69) is 29.7 Å². The van der Waals surface area contributed by atoms with Crippen molar-refractivity contribution < 1.29 is 12.8 Å². The summed E-state index contributed by atoms with van der Waals surface area (Å²) in [4.78, 5) is 15.4. The molecule has 0 unspecified atom stereocenters. The van der Waals surface area contributed by atoms with Crippen molar-refractivity contribution in [2.24, 2.45) is 0 Å². The molecule has 200 valence electrons. The van der Waals surface area contributed by atoms with E-state index in [1.807, 2.05) is 14.0 Å². The highest BCUT2D eigenvalue weighted by Gasteiger charge is 2.27. The van der Waals surface area contributed by atoms with Crippen molar-refractivity contribution in [2.75, 3.05) is 38.5 Å². The lowest BCUT2D eigenvalue weighted by atomic mass is 9.95. The molecule has 2 aromatic heterocycles.